The molecule has 0 aromatic heterocycles. The molecular formula is C46H91NO4. The molecule has 1 amide bonds. The van der Waals surface area contributed by atoms with Crippen molar-refractivity contribution in [3.8, 4) is 0 Å². The summed E-state index contributed by atoms with van der Waals surface area (Å²) in [6.45, 7) is 4.23. The molecule has 0 aromatic rings. The van der Waals surface area contributed by atoms with E-state index in [1.807, 2.05) is 0 Å². The highest BCUT2D eigenvalue weighted by Crippen LogP contribution is 2.16. The van der Waals surface area contributed by atoms with Crippen molar-refractivity contribution < 1.29 is 20.1 Å². The van der Waals surface area contributed by atoms with E-state index in [1.54, 1.807) is 0 Å². The van der Waals surface area contributed by atoms with Gasteiger partial charge in [-0.1, -0.05) is 225 Å². The number of nitrogens with one attached hydrogen (secondary N) is 1. The maximum atomic E-state index is 12.5. The van der Waals surface area contributed by atoms with Crippen LogP contribution in [0.4, 0.5) is 0 Å². The van der Waals surface area contributed by atoms with Crippen LogP contribution in [0.1, 0.15) is 251 Å². The fourth-order valence-electron chi connectivity index (χ4n) is 7.25. The Labute approximate surface area is 319 Å². The van der Waals surface area contributed by atoms with Gasteiger partial charge in [-0.05, 0) is 38.5 Å². The number of aliphatic hydroxyl groups is 3. The predicted octanol–water partition coefficient (Wildman–Crippen LogP) is 13.2. The van der Waals surface area contributed by atoms with Crippen molar-refractivity contribution in [3.05, 3.63) is 12.2 Å². The highest BCUT2D eigenvalue weighted by molar-refractivity contribution is 5.80. The number of carbonyl (C=O) groups excluding carboxylic acids is 1. The third kappa shape index (κ3) is 37.2. The van der Waals surface area contributed by atoms with Gasteiger partial charge in [-0.2, -0.15) is 0 Å². The summed E-state index contributed by atoms with van der Waals surface area (Å²) in [4.78, 5) is 12.5. The van der Waals surface area contributed by atoms with Gasteiger partial charge in [0.1, 0.15) is 6.10 Å². The van der Waals surface area contributed by atoms with E-state index in [4.69, 9.17) is 0 Å². The van der Waals surface area contributed by atoms with E-state index in [9.17, 15) is 20.1 Å². The number of amides is 1. The smallest absolute Gasteiger partial charge is 0.249 e. The van der Waals surface area contributed by atoms with E-state index in [-0.39, 0.29) is 6.61 Å². The second-order valence-electron chi connectivity index (χ2n) is 16.0. The summed E-state index contributed by atoms with van der Waals surface area (Å²) in [6.07, 6.45) is 49.4. The summed E-state index contributed by atoms with van der Waals surface area (Å²) in [5, 5.41) is 33.2. The summed E-state index contributed by atoms with van der Waals surface area (Å²) < 4.78 is 0. The number of carbonyl (C=O) groups is 1. The van der Waals surface area contributed by atoms with Gasteiger partial charge >= 0.3 is 0 Å². The molecule has 0 spiro atoms. The molecule has 51 heavy (non-hydrogen) atoms. The second kappa shape index (κ2) is 41.8. The number of hydrogen-bond donors (Lipinski definition) is 4. The first-order chi connectivity index (χ1) is 25.1. The summed E-state index contributed by atoms with van der Waals surface area (Å²) in [5.74, 6) is -0.470. The zero-order chi connectivity index (χ0) is 37.3. The first-order valence-electron chi connectivity index (χ1n) is 23.0. The van der Waals surface area contributed by atoms with Crippen LogP contribution in [0.15, 0.2) is 12.2 Å². The fraction of sp³-hybridized carbons (Fsp3) is 0.935. The fourth-order valence-corrected chi connectivity index (χ4v) is 7.25. The molecule has 3 unspecified atom stereocenters. The number of hydrogen-bond acceptors (Lipinski definition) is 4. The zero-order valence-electron chi connectivity index (χ0n) is 34.5. The van der Waals surface area contributed by atoms with Gasteiger partial charge in [-0.3, -0.25) is 4.79 Å². The monoisotopic (exact) mass is 722 g/mol. The lowest BCUT2D eigenvalue weighted by Gasteiger charge is -2.23. The van der Waals surface area contributed by atoms with Crippen LogP contribution in [0.5, 0.6) is 0 Å². The third-order valence-corrected chi connectivity index (χ3v) is 10.9. The molecule has 4 N–H and O–H groups in total. The molecule has 0 aliphatic rings. The molecule has 0 rings (SSSR count). The van der Waals surface area contributed by atoms with E-state index < -0.39 is 24.2 Å². The lowest BCUT2D eigenvalue weighted by molar-refractivity contribution is -0.131. The van der Waals surface area contributed by atoms with Crippen molar-refractivity contribution in [2.45, 2.75) is 270 Å². The molecular weight excluding hydrogens is 631 g/mol. The number of rotatable bonds is 42. The topological polar surface area (TPSA) is 89.8 Å². The van der Waals surface area contributed by atoms with Gasteiger partial charge in [-0.25, -0.2) is 0 Å². The molecule has 3 atom stereocenters. The number of allylic oxidation sites excluding steroid dienone is 2. The van der Waals surface area contributed by atoms with Crippen LogP contribution in [0.3, 0.4) is 0 Å². The van der Waals surface area contributed by atoms with Crippen molar-refractivity contribution in [1.82, 2.24) is 5.32 Å². The van der Waals surface area contributed by atoms with Crippen LogP contribution >= 0.6 is 0 Å². The lowest BCUT2D eigenvalue weighted by Crippen LogP contribution is -2.49. The third-order valence-electron chi connectivity index (χ3n) is 10.9. The molecule has 0 radical (unpaired) electrons. The Bertz CT molecular complexity index is 713. The molecule has 0 heterocycles. The van der Waals surface area contributed by atoms with Crippen LogP contribution in [0.25, 0.3) is 0 Å². The number of aliphatic hydroxyl groups excluding tert-OH is 3. The van der Waals surface area contributed by atoms with Crippen molar-refractivity contribution in [2.24, 2.45) is 0 Å². The lowest BCUT2D eigenvalue weighted by atomic mass is 10.0. The molecule has 5 nitrogen and oxygen atoms in total. The van der Waals surface area contributed by atoms with Crippen LogP contribution in [0.2, 0.25) is 0 Å². The second-order valence-corrected chi connectivity index (χ2v) is 16.0. The Morgan fingerprint density at radius 3 is 1.08 bits per heavy atom. The highest BCUT2D eigenvalue weighted by atomic mass is 16.3. The highest BCUT2D eigenvalue weighted by Gasteiger charge is 2.23. The van der Waals surface area contributed by atoms with Gasteiger partial charge in [0.15, 0.2) is 0 Å². The van der Waals surface area contributed by atoms with Crippen molar-refractivity contribution in [2.75, 3.05) is 6.61 Å². The maximum absolute atomic E-state index is 12.5. The normalized spacial score (nSPS) is 13.6. The van der Waals surface area contributed by atoms with E-state index in [0.29, 0.717) is 12.8 Å². The van der Waals surface area contributed by atoms with Crippen LogP contribution in [-0.4, -0.2) is 46.1 Å². The summed E-state index contributed by atoms with van der Waals surface area (Å²) in [5.41, 5.74) is 0. The molecule has 0 aromatic carbocycles. The first-order valence-corrected chi connectivity index (χ1v) is 23.0. The van der Waals surface area contributed by atoms with E-state index in [2.05, 4.69) is 31.3 Å². The average molecular weight is 722 g/mol. The molecule has 0 aliphatic heterocycles. The SMILES string of the molecule is CCCCCCCCCCCCCC/C=C\CCCCCCCCCCCCC(O)C(=O)NC(CO)C(O)CCCCCCCCCCCCC. The summed E-state index contributed by atoms with van der Waals surface area (Å²) in [7, 11) is 0. The van der Waals surface area contributed by atoms with Gasteiger partial charge in [-0.15, -0.1) is 0 Å². The first kappa shape index (κ1) is 50.1. The minimum absolute atomic E-state index is 0.311. The summed E-state index contributed by atoms with van der Waals surface area (Å²) >= 11 is 0. The number of unbranched alkanes of at least 4 members (excludes halogenated alkanes) is 32. The van der Waals surface area contributed by atoms with E-state index >= 15 is 0 Å². The predicted molar refractivity (Wildman–Crippen MR) is 222 cm³/mol. The Hall–Kier alpha value is -0.910. The van der Waals surface area contributed by atoms with Crippen LogP contribution < -0.4 is 5.32 Å². The maximum Gasteiger partial charge on any atom is 0.249 e. The molecule has 0 saturated carbocycles. The Balaban J connectivity index is 3.53. The minimum Gasteiger partial charge on any atom is -0.394 e. The Morgan fingerprint density at radius 1 is 0.451 bits per heavy atom. The van der Waals surface area contributed by atoms with Crippen molar-refractivity contribution >= 4 is 5.91 Å². The molecule has 0 saturated heterocycles. The molecule has 5 heteroatoms. The van der Waals surface area contributed by atoms with Crippen LogP contribution in [0, 0.1) is 0 Å². The molecule has 0 fully saturated rings. The Morgan fingerprint density at radius 2 is 0.745 bits per heavy atom. The average Bonchev–Trinajstić information content (AvgIpc) is 3.13. The van der Waals surface area contributed by atoms with E-state index in [0.717, 1.165) is 32.1 Å². The zero-order valence-corrected chi connectivity index (χ0v) is 34.5. The van der Waals surface area contributed by atoms with Gasteiger partial charge < -0.3 is 20.6 Å². The molecule has 0 aliphatic carbocycles. The van der Waals surface area contributed by atoms with Gasteiger partial charge in [0.2, 0.25) is 5.91 Å². The van der Waals surface area contributed by atoms with Crippen molar-refractivity contribution in [3.63, 3.8) is 0 Å². The molecule has 0 bridgehead atoms. The molecule has 304 valence electrons. The largest absolute Gasteiger partial charge is 0.394 e. The van der Waals surface area contributed by atoms with Crippen molar-refractivity contribution in [1.29, 1.82) is 0 Å². The van der Waals surface area contributed by atoms with Gasteiger partial charge in [0, 0.05) is 0 Å². The Kier molecular flexibility index (Phi) is 41.1. The standard InChI is InChI=1S/C46H91NO4/c1-3-5-7-9-11-13-15-16-17-18-19-20-21-22-23-24-25-26-27-28-29-31-33-35-37-39-41-45(50)46(51)47-43(42-48)44(49)40-38-36-34-32-30-14-12-10-8-6-4-2/h22-23,43-45,48-50H,3-21,24-42H2,1-2H3,(H,47,51)/b23-22-. The minimum atomic E-state index is -1.07. The van der Waals surface area contributed by atoms with E-state index in [1.165, 1.54) is 193 Å². The summed E-state index contributed by atoms with van der Waals surface area (Å²) in [6, 6.07) is -0.708. The van der Waals surface area contributed by atoms with Gasteiger partial charge in [0.05, 0.1) is 18.8 Å². The quantitative estimate of drug-likeness (QED) is 0.0373. The van der Waals surface area contributed by atoms with Crippen LogP contribution in [-0.2, 0) is 4.79 Å². The van der Waals surface area contributed by atoms with Gasteiger partial charge in [0.25, 0.3) is 0 Å².